The number of aromatic nitrogens is 2. The van der Waals surface area contributed by atoms with Gasteiger partial charge in [0.1, 0.15) is 11.5 Å². The quantitative estimate of drug-likeness (QED) is 0.860. The summed E-state index contributed by atoms with van der Waals surface area (Å²) in [4.78, 5) is 26.0. The van der Waals surface area contributed by atoms with Crippen LogP contribution in [0.25, 0.3) is 0 Å². The van der Waals surface area contributed by atoms with E-state index in [4.69, 9.17) is 5.11 Å². The van der Waals surface area contributed by atoms with E-state index in [0.29, 0.717) is 13.0 Å². The van der Waals surface area contributed by atoms with E-state index in [0.717, 1.165) is 31.2 Å². The van der Waals surface area contributed by atoms with Crippen LogP contribution in [-0.4, -0.2) is 44.3 Å². The molecule has 7 heteroatoms. The Labute approximate surface area is 151 Å². The highest BCUT2D eigenvalue weighted by Crippen LogP contribution is 2.25. The van der Waals surface area contributed by atoms with Gasteiger partial charge in [-0.2, -0.15) is 5.10 Å². The molecule has 26 heavy (non-hydrogen) atoms. The molecule has 1 saturated carbocycles. The molecule has 0 radical (unpaired) electrons. The lowest BCUT2D eigenvalue weighted by Crippen LogP contribution is -2.41. The topological polar surface area (TPSA) is 75.4 Å². The first kappa shape index (κ1) is 18.1. The van der Waals surface area contributed by atoms with Gasteiger partial charge < -0.3 is 10.0 Å². The Balaban J connectivity index is 1.80. The Bertz CT molecular complexity index is 795. The smallest absolute Gasteiger partial charge is 0.356 e. The van der Waals surface area contributed by atoms with Gasteiger partial charge >= 0.3 is 5.97 Å². The summed E-state index contributed by atoms with van der Waals surface area (Å²) < 4.78 is 14.4. The van der Waals surface area contributed by atoms with Crippen LogP contribution in [0.2, 0.25) is 0 Å². The highest BCUT2D eigenvalue weighted by molar-refractivity contribution is 5.95. The van der Waals surface area contributed by atoms with Crippen molar-refractivity contribution >= 4 is 11.9 Å². The minimum atomic E-state index is -1.15. The highest BCUT2D eigenvalue weighted by Gasteiger charge is 2.29. The second kappa shape index (κ2) is 7.68. The van der Waals surface area contributed by atoms with E-state index in [2.05, 4.69) is 5.10 Å². The molecular formula is C19H22FN3O3. The fourth-order valence-corrected chi connectivity index (χ4v) is 3.49. The first-order chi connectivity index (χ1) is 12.5. The van der Waals surface area contributed by atoms with Gasteiger partial charge in [0.2, 0.25) is 0 Å². The third-order valence-corrected chi connectivity index (χ3v) is 4.90. The number of amides is 1. The molecule has 1 fully saturated rings. The average Bonchev–Trinajstić information content (AvgIpc) is 3.26. The molecule has 0 unspecified atom stereocenters. The number of carbonyl (C=O) groups excluding carboxylic acids is 1. The molecule has 0 spiro atoms. The van der Waals surface area contributed by atoms with E-state index >= 15 is 0 Å². The lowest BCUT2D eigenvalue weighted by atomic mass is 10.1. The van der Waals surface area contributed by atoms with Crippen LogP contribution < -0.4 is 0 Å². The molecule has 1 aliphatic rings. The Morgan fingerprint density at radius 3 is 2.50 bits per heavy atom. The van der Waals surface area contributed by atoms with Crippen molar-refractivity contribution in [3.8, 4) is 0 Å². The number of rotatable bonds is 6. The summed E-state index contributed by atoms with van der Waals surface area (Å²) in [5.41, 5.74) is 1.09. The van der Waals surface area contributed by atoms with E-state index in [1.54, 1.807) is 19.2 Å². The minimum Gasteiger partial charge on any atom is -0.476 e. The Morgan fingerprint density at radius 2 is 1.92 bits per heavy atom. The molecule has 0 bridgehead atoms. The Morgan fingerprint density at radius 1 is 1.27 bits per heavy atom. The number of aryl methyl sites for hydroxylation is 1. The molecule has 1 aromatic carbocycles. The van der Waals surface area contributed by atoms with Crippen molar-refractivity contribution in [2.24, 2.45) is 7.05 Å². The van der Waals surface area contributed by atoms with Crippen LogP contribution >= 0.6 is 0 Å². The number of carboxylic acid groups (broad SMARTS) is 1. The SMILES string of the molecule is Cn1nc(C(=O)O)cc1C(=O)N(CCc1ccc(F)cc1)C1CCCC1. The zero-order valence-electron chi connectivity index (χ0n) is 14.7. The number of hydrogen-bond acceptors (Lipinski definition) is 3. The molecule has 138 valence electrons. The zero-order chi connectivity index (χ0) is 18.7. The van der Waals surface area contributed by atoms with Crippen molar-refractivity contribution in [3.05, 3.63) is 53.1 Å². The number of hydrogen-bond donors (Lipinski definition) is 1. The maximum Gasteiger partial charge on any atom is 0.356 e. The summed E-state index contributed by atoms with van der Waals surface area (Å²) in [6.45, 7) is 0.503. The third kappa shape index (κ3) is 3.92. The van der Waals surface area contributed by atoms with E-state index in [1.165, 1.54) is 22.9 Å². The van der Waals surface area contributed by atoms with E-state index in [1.807, 2.05) is 4.90 Å². The number of benzene rings is 1. The van der Waals surface area contributed by atoms with Gasteiger partial charge in [-0.15, -0.1) is 0 Å². The highest BCUT2D eigenvalue weighted by atomic mass is 19.1. The molecule has 3 rings (SSSR count). The van der Waals surface area contributed by atoms with Crippen LogP contribution in [0.5, 0.6) is 0 Å². The van der Waals surface area contributed by atoms with Crippen LogP contribution in [0.1, 0.15) is 52.2 Å². The van der Waals surface area contributed by atoms with Gasteiger partial charge in [-0.1, -0.05) is 25.0 Å². The lowest BCUT2D eigenvalue weighted by molar-refractivity contribution is 0.0669. The van der Waals surface area contributed by atoms with Crippen molar-refractivity contribution in [2.45, 2.75) is 38.1 Å². The maximum atomic E-state index is 13.1. The summed E-state index contributed by atoms with van der Waals surface area (Å²) in [6, 6.07) is 7.74. The van der Waals surface area contributed by atoms with Crippen LogP contribution in [0.3, 0.4) is 0 Å². The number of nitrogens with zero attached hydrogens (tertiary/aromatic N) is 3. The van der Waals surface area contributed by atoms with Gasteiger partial charge in [0, 0.05) is 25.7 Å². The first-order valence-electron chi connectivity index (χ1n) is 8.78. The molecule has 1 heterocycles. The number of aromatic carboxylic acids is 1. The van der Waals surface area contributed by atoms with Gasteiger partial charge in [-0.25, -0.2) is 9.18 Å². The normalized spacial score (nSPS) is 14.5. The third-order valence-electron chi connectivity index (χ3n) is 4.90. The van der Waals surface area contributed by atoms with Crippen molar-refractivity contribution < 1.29 is 19.1 Å². The van der Waals surface area contributed by atoms with Crippen LogP contribution in [-0.2, 0) is 13.5 Å². The van der Waals surface area contributed by atoms with Gasteiger partial charge in [-0.3, -0.25) is 9.48 Å². The van der Waals surface area contributed by atoms with Crippen LogP contribution in [0.15, 0.2) is 30.3 Å². The second-order valence-corrected chi connectivity index (χ2v) is 6.66. The number of halogens is 1. The lowest BCUT2D eigenvalue weighted by Gasteiger charge is -2.29. The predicted molar refractivity (Wildman–Crippen MR) is 93.6 cm³/mol. The Kier molecular flexibility index (Phi) is 5.35. The standard InChI is InChI=1S/C19H22FN3O3/c1-22-17(12-16(21-22)19(25)26)18(24)23(15-4-2-3-5-15)11-10-13-6-8-14(20)9-7-13/h6-9,12,15H,2-5,10-11H2,1H3,(H,25,26). The van der Waals surface area contributed by atoms with Crippen molar-refractivity contribution in [1.82, 2.24) is 14.7 Å². The average molecular weight is 359 g/mol. The molecule has 1 aliphatic carbocycles. The number of carbonyl (C=O) groups is 2. The van der Waals surface area contributed by atoms with Gasteiger partial charge in [-0.05, 0) is 37.0 Å². The molecule has 1 N–H and O–H groups in total. The number of carboxylic acids is 1. The van der Waals surface area contributed by atoms with Crippen molar-refractivity contribution in [1.29, 1.82) is 0 Å². The van der Waals surface area contributed by atoms with Crippen molar-refractivity contribution in [3.63, 3.8) is 0 Å². The molecule has 6 nitrogen and oxygen atoms in total. The zero-order valence-corrected chi connectivity index (χ0v) is 14.7. The maximum absolute atomic E-state index is 13.1. The summed E-state index contributed by atoms with van der Waals surface area (Å²) in [5.74, 6) is -1.64. The molecule has 2 aromatic rings. The Hall–Kier alpha value is -2.70. The van der Waals surface area contributed by atoms with Crippen LogP contribution in [0, 0.1) is 5.82 Å². The summed E-state index contributed by atoms with van der Waals surface area (Å²) in [6.07, 6.45) is 4.66. The first-order valence-corrected chi connectivity index (χ1v) is 8.78. The largest absolute Gasteiger partial charge is 0.476 e. The molecular weight excluding hydrogens is 337 g/mol. The fraction of sp³-hybridized carbons (Fsp3) is 0.421. The van der Waals surface area contributed by atoms with E-state index in [9.17, 15) is 14.0 Å². The van der Waals surface area contributed by atoms with E-state index in [-0.39, 0.29) is 29.2 Å². The van der Waals surface area contributed by atoms with Gasteiger partial charge in [0.15, 0.2) is 5.69 Å². The van der Waals surface area contributed by atoms with Crippen LogP contribution in [0.4, 0.5) is 4.39 Å². The minimum absolute atomic E-state index is 0.138. The molecule has 0 saturated heterocycles. The summed E-state index contributed by atoms with van der Waals surface area (Å²) in [5, 5.41) is 13.0. The molecule has 0 aliphatic heterocycles. The molecule has 1 amide bonds. The summed E-state index contributed by atoms with van der Waals surface area (Å²) >= 11 is 0. The van der Waals surface area contributed by atoms with Gasteiger partial charge in [0.25, 0.3) is 5.91 Å². The van der Waals surface area contributed by atoms with Crippen molar-refractivity contribution in [2.75, 3.05) is 6.54 Å². The summed E-state index contributed by atoms with van der Waals surface area (Å²) in [7, 11) is 1.58. The molecule has 1 aromatic heterocycles. The second-order valence-electron chi connectivity index (χ2n) is 6.66. The van der Waals surface area contributed by atoms with E-state index < -0.39 is 5.97 Å². The predicted octanol–water partition coefficient (Wildman–Crippen LogP) is 2.88. The fourth-order valence-electron chi connectivity index (χ4n) is 3.49. The molecule has 0 atom stereocenters. The monoisotopic (exact) mass is 359 g/mol. The van der Waals surface area contributed by atoms with Gasteiger partial charge in [0.05, 0.1) is 0 Å².